The van der Waals surface area contributed by atoms with Crippen LogP contribution in [0.3, 0.4) is 0 Å². The van der Waals surface area contributed by atoms with Gasteiger partial charge in [0.25, 0.3) is 0 Å². The monoisotopic (exact) mass is 569 g/mol. The van der Waals surface area contributed by atoms with Gasteiger partial charge in [-0.2, -0.15) is 13.2 Å². The molecule has 4 aromatic rings. The highest BCUT2D eigenvalue weighted by Crippen LogP contribution is 2.40. The van der Waals surface area contributed by atoms with Crippen LogP contribution in [0.1, 0.15) is 44.9 Å². The van der Waals surface area contributed by atoms with E-state index in [0.29, 0.717) is 61.4 Å². The predicted molar refractivity (Wildman–Crippen MR) is 141 cm³/mol. The summed E-state index contributed by atoms with van der Waals surface area (Å²) < 4.78 is 68.3. The molecule has 2 aliphatic heterocycles. The van der Waals surface area contributed by atoms with E-state index < -0.39 is 23.5 Å². The number of hydrogen-bond donors (Lipinski definition) is 1. The van der Waals surface area contributed by atoms with Gasteiger partial charge in [0, 0.05) is 19.7 Å². The van der Waals surface area contributed by atoms with Crippen LogP contribution in [0.15, 0.2) is 54.6 Å². The molecule has 0 unspecified atom stereocenters. The minimum absolute atomic E-state index is 0.0170. The Kier molecular flexibility index (Phi) is 7.16. The van der Waals surface area contributed by atoms with Crippen LogP contribution in [0, 0.1) is 5.82 Å². The van der Waals surface area contributed by atoms with E-state index in [1.165, 1.54) is 42.5 Å². The van der Waals surface area contributed by atoms with E-state index in [9.17, 15) is 27.5 Å². The number of carboxylic acids is 1. The number of carboxylic acid groups (broad SMARTS) is 1. The number of rotatable bonds is 8. The number of alkyl halides is 3. The number of aromatic nitrogens is 2. The molecule has 0 radical (unpaired) electrons. The van der Waals surface area contributed by atoms with Crippen molar-refractivity contribution in [2.75, 3.05) is 13.2 Å². The zero-order valence-corrected chi connectivity index (χ0v) is 22.0. The highest BCUT2D eigenvalue weighted by molar-refractivity contribution is 5.92. The quantitative estimate of drug-likeness (QED) is 0.270. The molecule has 0 spiro atoms. The minimum atomic E-state index is -4.59. The van der Waals surface area contributed by atoms with Crippen LogP contribution in [0.5, 0.6) is 5.75 Å². The Morgan fingerprint density at radius 1 is 1.10 bits per heavy atom. The second-order valence-electron chi connectivity index (χ2n) is 10.4. The summed E-state index contributed by atoms with van der Waals surface area (Å²) in [6, 6.07) is 12.9. The highest BCUT2D eigenvalue weighted by Gasteiger charge is 2.36. The van der Waals surface area contributed by atoms with Gasteiger partial charge in [-0.1, -0.05) is 12.1 Å². The van der Waals surface area contributed by atoms with Crippen molar-refractivity contribution in [1.82, 2.24) is 14.5 Å². The summed E-state index contributed by atoms with van der Waals surface area (Å²) in [5, 5.41) is 9.48. The van der Waals surface area contributed by atoms with Crippen LogP contribution in [0.4, 0.5) is 17.6 Å². The van der Waals surface area contributed by atoms with E-state index in [0.717, 1.165) is 17.8 Å². The molecule has 1 atom stereocenters. The lowest BCUT2D eigenvalue weighted by Crippen LogP contribution is -2.34. The number of nitrogens with zero attached hydrogens (tertiary/aromatic N) is 3. The van der Waals surface area contributed by atoms with E-state index in [1.54, 1.807) is 12.1 Å². The zero-order valence-electron chi connectivity index (χ0n) is 22.0. The summed E-state index contributed by atoms with van der Waals surface area (Å²) >= 11 is 0. The number of imidazole rings is 1. The maximum absolute atomic E-state index is 13.9. The van der Waals surface area contributed by atoms with E-state index in [2.05, 4.69) is 4.90 Å². The Morgan fingerprint density at radius 2 is 1.88 bits per heavy atom. The van der Waals surface area contributed by atoms with Crippen molar-refractivity contribution < 1.29 is 36.9 Å². The second-order valence-corrected chi connectivity index (χ2v) is 10.4. The molecule has 1 saturated heterocycles. The first-order valence-corrected chi connectivity index (χ1v) is 13.3. The molecule has 1 aromatic heterocycles. The Hall–Kier alpha value is -3.96. The fraction of sp³-hybridized carbons (Fsp3) is 0.333. The third kappa shape index (κ3) is 5.77. The molecule has 41 heavy (non-hydrogen) atoms. The first kappa shape index (κ1) is 27.2. The van der Waals surface area contributed by atoms with Crippen molar-refractivity contribution in [3.63, 3.8) is 0 Å². The molecule has 1 fully saturated rings. The largest absolute Gasteiger partial charge is 0.488 e. The summed E-state index contributed by atoms with van der Waals surface area (Å²) in [5.41, 5.74) is 2.62. The molecule has 0 amide bonds. The van der Waals surface area contributed by atoms with Gasteiger partial charge < -0.3 is 19.1 Å². The number of benzene rings is 3. The zero-order chi connectivity index (χ0) is 28.7. The first-order chi connectivity index (χ1) is 19.6. The topological polar surface area (TPSA) is 76.8 Å². The van der Waals surface area contributed by atoms with Crippen molar-refractivity contribution in [3.8, 4) is 5.75 Å². The van der Waals surface area contributed by atoms with Crippen molar-refractivity contribution >= 4 is 17.0 Å². The standard InChI is InChI=1S/C30H27F4N3O4/c31-22-4-1-18(2-5-22)17-41-27-13-21-14-36(9-7-19(21)11-24(27)30(32,33)34)16-28-35-25-6-3-20(29(38)39)12-26(25)37(28)15-23-8-10-40-23/h1-6,11-13,23H,7-10,14-17H2,(H,38,39)/t23-/m0/s1. The summed E-state index contributed by atoms with van der Waals surface area (Å²) in [6.07, 6.45) is -3.25. The van der Waals surface area contributed by atoms with Crippen LogP contribution in [-0.2, 0) is 43.6 Å². The van der Waals surface area contributed by atoms with Crippen LogP contribution in [0.2, 0.25) is 0 Å². The Bertz CT molecular complexity index is 1600. The molecule has 214 valence electrons. The van der Waals surface area contributed by atoms with Gasteiger partial charge in [-0.25, -0.2) is 14.2 Å². The second kappa shape index (κ2) is 10.8. The number of fused-ring (bicyclic) bond motifs is 2. The maximum atomic E-state index is 13.9. The molecule has 3 heterocycles. The highest BCUT2D eigenvalue weighted by atomic mass is 19.4. The van der Waals surface area contributed by atoms with Gasteiger partial charge in [0.1, 0.15) is 24.0 Å². The molecule has 2 aliphatic rings. The molecular formula is C30H27F4N3O4. The Balaban J connectivity index is 1.27. The normalized spacial score (nSPS) is 17.3. The lowest BCUT2D eigenvalue weighted by Gasteiger charge is -2.31. The number of ether oxygens (including phenoxy) is 2. The number of carbonyl (C=O) groups is 1. The van der Waals surface area contributed by atoms with Crippen LogP contribution >= 0.6 is 0 Å². The average molecular weight is 570 g/mol. The third-order valence-electron chi connectivity index (χ3n) is 7.62. The Labute approximate surface area is 232 Å². The molecule has 0 bridgehead atoms. The number of hydrogen-bond acceptors (Lipinski definition) is 5. The van der Waals surface area contributed by atoms with Crippen molar-refractivity contribution in [2.24, 2.45) is 0 Å². The summed E-state index contributed by atoms with van der Waals surface area (Å²) in [5.74, 6) is -0.988. The molecule has 6 rings (SSSR count). The van der Waals surface area contributed by atoms with Gasteiger partial charge >= 0.3 is 12.1 Å². The molecule has 11 heteroatoms. The summed E-state index contributed by atoms with van der Waals surface area (Å²) in [4.78, 5) is 18.5. The van der Waals surface area contributed by atoms with Gasteiger partial charge in [0.05, 0.1) is 41.4 Å². The fourth-order valence-corrected chi connectivity index (χ4v) is 5.33. The van der Waals surface area contributed by atoms with E-state index in [1.807, 2.05) is 4.57 Å². The van der Waals surface area contributed by atoms with Gasteiger partial charge in [0.2, 0.25) is 0 Å². The van der Waals surface area contributed by atoms with Crippen LogP contribution in [0.25, 0.3) is 11.0 Å². The average Bonchev–Trinajstić information content (AvgIpc) is 3.25. The van der Waals surface area contributed by atoms with Gasteiger partial charge in [-0.05, 0) is 72.0 Å². The van der Waals surface area contributed by atoms with Gasteiger partial charge in [-0.3, -0.25) is 4.90 Å². The van der Waals surface area contributed by atoms with E-state index in [-0.39, 0.29) is 24.0 Å². The summed E-state index contributed by atoms with van der Waals surface area (Å²) in [7, 11) is 0. The molecule has 1 N–H and O–H groups in total. The van der Waals surface area contributed by atoms with Gasteiger partial charge in [-0.15, -0.1) is 0 Å². The summed E-state index contributed by atoms with van der Waals surface area (Å²) in [6.45, 7) is 2.44. The van der Waals surface area contributed by atoms with Gasteiger partial charge in [0.15, 0.2) is 0 Å². The molecular weight excluding hydrogens is 542 g/mol. The molecule has 0 aliphatic carbocycles. The SMILES string of the molecule is O=C(O)c1ccc2nc(CN3CCc4cc(C(F)(F)F)c(OCc5ccc(F)cc5)cc4C3)n(C[C@@H]3CCO3)c2c1. The predicted octanol–water partition coefficient (Wildman–Crippen LogP) is 5.82. The fourth-order valence-electron chi connectivity index (χ4n) is 5.33. The Morgan fingerprint density at radius 3 is 2.56 bits per heavy atom. The first-order valence-electron chi connectivity index (χ1n) is 13.3. The van der Waals surface area contributed by atoms with Crippen LogP contribution in [-0.4, -0.2) is 44.8 Å². The number of aromatic carboxylic acids is 1. The van der Waals surface area contributed by atoms with Crippen molar-refractivity contribution in [2.45, 2.75) is 51.4 Å². The maximum Gasteiger partial charge on any atom is 0.419 e. The number of halogens is 4. The smallest absolute Gasteiger partial charge is 0.419 e. The van der Waals surface area contributed by atoms with Crippen LogP contribution < -0.4 is 4.74 Å². The minimum Gasteiger partial charge on any atom is -0.488 e. The molecule has 3 aromatic carbocycles. The van der Waals surface area contributed by atoms with E-state index in [4.69, 9.17) is 14.5 Å². The third-order valence-corrected chi connectivity index (χ3v) is 7.62. The van der Waals surface area contributed by atoms with E-state index >= 15 is 0 Å². The van der Waals surface area contributed by atoms with Crippen molar-refractivity contribution in [1.29, 1.82) is 0 Å². The molecule has 7 nitrogen and oxygen atoms in total. The van der Waals surface area contributed by atoms with Crippen molar-refractivity contribution in [3.05, 3.63) is 94.1 Å². The molecule has 0 saturated carbocycles. The lowest BCUT2D eigenvalue weighted by atomic mass is 9.96. The lowest BCUT2D eigenvalue weighted by molar-refractivity contribution is -0.139.